The third-order valence-corrected chi connectivity index (χ3v) is 0.358. The summed E-state index contributed by atoms with van der Waals surface area (Å²) >= 11 is 0. The van der Waals surface area contributed by atoms with E-state index in [9.17, 15) is 0 Å². The van der Waals surface area contributed by atoms with Crippen LogP contribution in [0.15, 0.2) is 0 Å². The van der Waals surface area contributed by atoms with Crippen molar-refractivity contribution >= 4 is 23.9 Å². The average molecular weight is 585 g/mol. The van der Waals surface area contributed by atoms with Crippen molar-refractivity contribution in [2.75, 3.05) is 0 Å². The average Bonchev–Trinajstić information content (AvgIpc) is 1.88. The van der Waals surface area contributed by atoms with Crippen molar-refractivity contribution in [2.45, 2.75) is 0 Å². The van der Waals surface area contributed by atoms with E-state index >= 15 is 0 Å². The van der Waals surface area contributed by atoms with E-state index in [-0.39, 0.29) is 78.5 Å². The number of hydrogen-bond acceptors (Lipinski definition) is 5. The van der Waals surface area contributed by atoms with Gasteiger partial charge in [-0.2, -0.15) is 0 Å². The fourth-order valence-electron chi connectivity index (χ4n) is 0. The molecule has 0 aliphatic rings. The van der Waals surface area contributed by atoms with Crippen molar-refractivity contribution in [1.29, 1.82) is 0 Å². The normalized spacial score (nSPS) is 4.00. The minimum absolute atomic E-state index is 0. The minimum atomic E-state index is -2.07. The van der Waals surface area contributed by atoms with Gasteiger partial charge in [0.05, 0.1) is 0 Å². The fourth-order valence-corrected chi connectivity index (χ4v) is 0. The van der Waals surface area contributed by atoms with Gasteiger partial charge in [0.25, 0.3) is 0 Å². The summed E-state index contributed by atoms with van der Waals surface area (Å²) < 4.78 is 0. The maximum atomic E-state index is 9.10. The van der Waals surface area contributed by atoms with Gasteiger partial charge in [-0.1, -0.05) is 0 Å². The molecule has 0 aliphatic heterocycles. The molecule has 0 amide bonds. The molecular formula is C4H21O17Pu-. The summed E-state index contributed by atoms with van der Waals surface area (Å²) in [6.45, 7) is 0. The van der Waals surface area contributed by atoms with Gasteiger partial charge in [-0.15, -0.1) is 0 Å². The van der Waals surface area contributed by atoms with Crippen molar-refractivity contribution < 1.29 is 118 Å². The smallest absolute Gasteiger partial charge is 0.414 e. The van der Waals surface area contributed by atoms with E-state index in [4.69, 9.17) is 39.6 Å². The first-order valence-corrected chi connectivity index (χ1v) is 2.19. The molecule has 0 heterocycles. The van der Waals surface area contributed by atoms with E-state index < -0.39 is 23.9 Å². The Labute approximate surface area is 142 Å². The van der Waals surface area contributed by atoms with Crippen molar-refractivity contribution in [2.24, 2.45) is 0 Å². The first kappa shape index (κ1) is 108. The molecule has 0 atom stereocenters. The summed E-state index contributed by atoms with van der Waals surface area (Å²) in [4.78, 5) is 36.2. The van der Waals surface area contributed by atoms with Crippen LogP contribution in [0.2, 0.25) is 0 Å². The number of carboxylic acids is 4. The van der Waals surface area contributed by atoms with E-state index in [1.165, 1.54) is 0 Å². The Morgan fingerprint density at radius 2 is 0.591 bits per heavy atom. The maximum Gasteiger partial charge on any atom is 0.414 e. The van der Waals surface area contributed by atoms with Gasteiger partial charge >= 0.3 is 17.9 Å². The summed E-state index contributed by atoms with van der Waals surface area (Å²) in [7, 11) is 0. The molecule has 146 valence electrons. The summed E-state index contributed by atoms with van der Waals surface area (Å²) in [5.74, 6) is -7.66. The van der Waals surface area contributed by atoms with E-state index in [1.807, 2.05) is 0 Å². The maximum absolute atomic E-state index is 9.10. The Bertz CT molecular complexity index is 177. The van der Waals surface area contributed by atoms with Gasteiger partial charge in [-0.3, -0.25) is 0 Å². The molecule has 0 aromatic rings. The summed E-state index contributed by atoms with van der Waals surface area (Å²) in [5.41, 5.74) is 0. The van der Waals surface area contributed by atoms with Gasteiger partial charge in [-0.05, 0) is 0 Å². The molecule has 21 N–H and O–H groups in total. The van der Waals surface area contributed by atoms with Crippen LogP contribution in [0, 0.1) is 29.2 Å². The first-order valence-electron chi connectivity index (χ1n) is 2.19. The molecule has 0 unspecified atom stereocenters. The topological polar surface area (TPSA) is 436 Å². The van der Waals surface area contributed by atoms with Crippen molar-refractivity contribution in [1.82, 2.24) is 0 Å². The van der Waals surface area contributed by atoms with E-state index in [2.05, 4.69) is 0 Å². The molecule has 0 saturated heterocycles. The number of hydrogen-bond donors (Lipinski definition) is 3. The van der Waals surface area contributed by atoms with Crippen LogP contribution in [-0.4, -0.2) is 88.5 Å². The number of carbonyl (C=O) groups excluding carboxylic acids is 1. The van der Waals surface area contributed by atoms with Crippen LogP contribution in [0.3, 0.4) is 0 Å². The predicted octanol–water partition coefficient (Wildman–Crippen LogP) is -10.4. The van der Waals surface area contributed by atoms with Crippen molar-refractivity contribution in [3.05, 3.63) is 0 Å². The van der Waals surface area contributed by atoms with Crippen LogP contribution < -0.4 is 5.11 Å². The number of carboxylic acid groups (broad SMARTS) is 4. The Kier molecular flexibility index (Phi) is 297. The van der Waals surface area contributed by atoms with Crippen LogP contribution in [-0.2, 0) is 19.2 Å². The Hall–Kier alpha value is -1.49. The summed E-state index contributed by atoms with van der Waals surface area (Å²) in [6, 6.07) is 0. The Balaban J connectivity index is -0.00000000625. The molecule has 0 aliphatic carbocycles. The van der Waals surface area contributed by atoms with Gasteiger partial charge in [0.15, 0.2) is 5.97 Å². The Morgan fingerprint density at radius 3 is 0.591 bits per heavy atom. The number of aliphatic carboxylic acids is 4. The SMILES string of the molecule is O.O.O.O.O.O.O.O.O.O=C(O)C(=O)O.O=C([O-])C(=O)O.[Pu]. The zero-order valence-corrected chi connectivity index (χ0v) is 13.7. The molecule has 18 heteroatoms. The molecule has 0 fully saturated rings. The zero-order valence-electron chi connectivity index (χ0n) is 10.3. The molecule has 0 spiro atoms. The first-order chi connectivity index (χ1) is 5.29. The molecule has 0 bridgehead atoms. The molecule has 0 aromatic heterocycles. The minimum Gasteiger partial charge on any atom is -0.539 e. The number of carbonyl (C=O) groups is 4. The van der Waals surface area contributed by atoms with Crippen LogP contribution in [0.4, 0.5) is 0 Å². The monoisotopic (exact) mass is 579 g/mol. The van der Waals surface area contributed by atoms with E-state index in [1.54, 1.807) is 0 Å². The number of rotatable bonds is 0. The second-order valence-corrected chi connectivity index (χ2v) is 1.20. The second-order valence-electron chi connectivity index (χ2n) is 1.20. The molecular weight excluding hydrogens is 564 g/mol. The predicted molar refractivity (Wildman–Crippen MR) is 60.4 cm³/mol. The van der Waals surface area contributed by atoms with Crippen LogP contribution >= 0.6 is 0 Å². The molecule has 0 aromatic carbocycles. The van der Waals surface area contributed by atoms with Gasteiger partial charge < -0.3 is 74.5 Å². The van der Waals surface area contributed by atoms with Crippen LogP contribution in [0.1, 0.15) is 0 Å². The standard InChI is InChI=1S/2C2H2O4.9H2O.Pu/c2*3-1(4)2(5)6;;;;;;;;;;/h2*(H,3,4)(H,5,6);9*1H2;/p-1. The van der Waals surface area contributed by atoms with E-state index in [0.29, 0.717) is 0 Å². The summed E-state index contributed by atoms with van der Waals surface area (Å²) in [5, 5.41) is 31.1. The third-order valence-electron chi connectivity index (χ3n) is 0.358. The van der Waals surface area contributed by atoms with Crippen molar-refractivity contribution in [3.8, 4) is 0 Å². The fraction of sp³-hybridized carbons (Fsp3) is 0. The molecule has 17 nitrogen and oxygen atoms in total. The van der Waals surface area contributed by atoms with Gasteiger partial charge in [-0.25, -0.2) is 14.4 Å². The zero-order chi connectivity index (χ0) is 10.3. The quantitative estimate of drug-likeness (QED) is 0.228. The van der Waals surface area contributed by atoms with E-state index in [0.717, 1.165) is 0 Å². The molecule has 0 saturated carbocycles. The van der Waals surface area contributed by atoms with Gasteiger partial charge in [0, 0.05) is 29.2 Å². The third kappa shape index (κ3) is 134. The summed E-state index contributed by atoms with van der Waals surface area (Å²) in [6.07, 6.45) is 0. The van der Waals surface area contributed by atoms with Crippen LogP contribution in [0.5, 0.6) is 0 Å². The van der Waals surface area contributed by atoms with Crippen molar-refractivity contribution in [3.63, 3.8) is 0 Å². The largest absolute Gasteiger partial charge is 0.539 e. The van der Waals surface area contributed by atoms with Gasteiger partial charge in [0.1, 0.15) is 0 Å². The molecule has 0 rings (SSSR count). The Morgan fingerprint density at radius 1 is 0.500 bits per heavy atom. The molecule has 0 radical (unpaired) electrons. The second kappa shape index (κ2) is 60.5. The van der Waals surface area contributed by atoms with Crippen LogP contribution in [0.25, 0.3) is 0 Å². The van der Waals surface area contributed by atoms with Gasteiger partial charge in [0.2, 0.25) is 0 Å². The molecule has 22 heavy (non-hydrogen) atoms.